The van der Waals surface area contributed by atoms with E-state index in [4.69, 9.17) is 15.5 Å². The molecule has 1 atom stereocenters. The van der Waals surface area contributed by atoms with Gasteiger partial charge in [0.2, 0.25) is 0 Å². The van der Waals surface area contributed by atoms with Crippen molar-refractivity contribution in [1.82, 2.24) is 9.88 Å². The molecule has 1 aliphatic heterocycles. The lowest BCUT2D eigenvalue weighted by Crippen LogP contribution is -2.27. The predicted octanol–water partition coefficient (Wildman–Crippen LogP) is 4.11. The molecule has 0 spiro atoms. The zero-order chi connectivity index (χ0) is 19.0. The maximum absolute atomic E-state index is 14.1. The first-order chi connectivity index (χ1) is 13.1. The third kappa shape index (κ3) is 3.45. The third-order valence-corrected chi connectivity index (χ3v) is 5.67. The molecule has 7 heteroatoms. The van der Waals surface area contributed by atoms with Crippen LogP contribution in [0.15, 0.2) is 41.8 Å². The highest BCUT2D eigenvalue weighted by Crippen LogP contribution is 2.37. The fraction of sp³-hybridized carbons (Fsp3) is 0.250. The fourth-order valence-electron chi connectivity index (χ4n) is 3.51. The number of nitrogens with zero attached hydrogens (tertiary/aromatic N) is 2. The summed E-state index contributed by atoms with van der Waals surface area (Å²) in [5.41, 5.74) is 8.91. The van der Waals surface area contributed by atoms with Gasteiger partial charge in [-0.1, -0.05) is 12.1 Å². The van der Waals surface area contributed by atoms with E-state index in [0.717, 1.165) is 28.1 Å². The summed E-state index contributed by atoms with van der Waals surface area (Å²) in [7, 11) is 1.63. The summed E-state index contributed by atoms with van der Waals surface area (Å²) in [6.45, 7) is 1.23. The van der Waals surface area contributed by atoms with Crippen LogP contribution in [-0.2, 0) is 13.1 Å². The maximum Gasteiger partial charge on any atom is 0.130 e. The molecule has 2 N–H and O–H groups in total. The van der Waals surface area contributed by atoms with E-state index in [1.807, 2.05) is 34.5 Å². The average molecular weight is 387 g/mol. The molecular weight excluding hydrogens is 368 g/mol. The highest BCUT2D eigenvalue weighted by Gasteiger charge is 2.32. The topological polar surface area (TPSA) is 51.4 Å². The highest BCUT2D eigenvalue weighted by molar-refractivity contribution is 7.09. The summed E-state index contributed by atoms with van der Waals surface area (Å²) in [4.78, 5) is 6.75. The molecule has 1 aromatic heterocycles. The Morgan fingerprint density at radius 2 is 2.15 bits per heavy atom. The summed E-state index contributed by atoms with van der Waals surface area (Å²) in [5.74, 6) is -0.305. The number of rotatable bonds is 5. The molecule has 2 aromatic carbocycles. The Balaban J connectivity index is 1.56. The van der Waals surface area contributed by atoms with Crippen LogP contribution < -0.4 is 10.5 Å². The van der Waals surface area contributed by atoms with E-state index in [1.165, 1.54) is 6.07 Å². The lowest BCUT2D eigenvalue weighted by molar-refractivity contribution is 0.209. The van der Waals surface area contributed by atoms with Crippen LogP contribution in [0.4, 0.5) is 8.78 Å². The van der Waals surface area contributed by atoms with Gasteiger partial charge < -0.3 is 10.5 Å². The Morgan fingerprint density at radius 3 is 2.93 bits per heavy atom. The molecule has 0 amide bonds. The second-order valence-electron chi connectivity index (χ2n) is 6.47. The minimum absolute atomic E-state index is 0.214. The first-order valence-electron chi connectivity index (χ1n) is 8.60. The van der Waals surface area contributed by atoms with Crippen LogP contribution in [0.3, 0.4) is 0 Å². The van der Waals surface area contributed by atoms with E-state index in [-0.39, 0.29) is 6.04 Å². The van der Waals surface area contributed by atoms with Crippen LogP contribution in [0, 0.1) is 11.6 Å². The molecule has 0 fully saturated rings. The summed E-state index contributed by atoms with van der Waals surface area (Å²) < 4.78 is 33.0. The smallest absolute Gasteiger partial charge is 0.130 e. The van der Waals surface area contributed by atoms with Gasteiger partial charge in [-0.2, -0.15) is 0 Å². The van der Waals surface area contributed by atoms with Gasteiger partial charge in [0.15, 0.2) is 0 Å². The second kappa shape index (κ2) is 7.34. The fourth-order valence-corrected chi connectivity index (χ4v) is 4.34. The molecule has 140 valence electrons. The normalized spacial score (nSPS) is 16.5. The molecule has 2 heterocycles. The quantitative estimate of drug-likeness (QED) is 0.716. The van der Waals surface area contributed by atoms with Gasteiger partial charge in [-0.15, -0.1) is 11.3 Å². The zero-order valence-corrected chi connectivity index (χ0v) is 15.6. The van der Waals surface area contributed by atoms with Crippen molar-refractivity contribution < 1.29 is 13.5 Å². The van der Waals surface area contributed by atoms with Crippen molar-refractivity contribution in [3.63, 3.8) is 0 Å². The van der Waals surface area contributed by atoms with Gasteiger partial charge in [0.1, 0.15) is 22.4 Å². The molecule has 0 saturated heterocycles. The highest BCUT2D eigenvalue weighted by atomic mass is 32.1. The van der Waals surface area contributed by atoms with Gasteiger partial charge in [-0.05, 0) is 23.8 Å². The Bertz CT molecular complexity index is 976. The maximum atomic E-state index is 14.1. The number of methoxy groups -OCH3 is 1. The van der Waals surface area contributed by atoms with Crippen molar-refractivity contribution in [2.75, 3.05) is 13.7 Å². The van der Waals surface area contributed by atoms with E-state index in [1.54, 1.807) is 18.4 Å². The molecule has 27 heavy (non-hydrogen) atoms. The number of ether oxygens (including phenoxy) is 1. The number of hydrogen-bond donors (Lipinski definition) is 1. The van der Waals surface area contributed by atoms with E-state index >= 15 is 0 Å². The molecule has 0 bridgehead atoms. The zero-order valence-electron chi connectivity index (χ0n) is 14.8. The number of hydrogen-bond acceptors (Lipinski definition) is 5. The SMILES string of the molecule is COc1cccc(-c2csc(CN3Cc4c(F)cc(F)cc4C3CN)n2)c1. The minimum Gasteiger partial charge on any atom is -0.497 e. The van der Waals surface area contributed by atoms with Crippen molar-refractivity contribution in [2.45, 2.75) is 19.1 Å². The van der Waals surface area contributed by atoms with Gasteiger partial charge in [-0.25, -0.2) is 13.8 Å². The molecule has 0 saturated carbocycles. The standard InChI is InChI=1S/C20H19F2N3OS/c1-26-14-4-2-3-12(5-14)18-11-27-20(24-18)10-25-9-16-15(19(25)8-23)6-13(21)7-17(16)22/h2-7,11,19H,8-10,23H2,1H3. The van der Waals surface area contributed by atoms with Crippen LogP contribution in [-0.4, -0.2) is 23.5 Å². The number of thiazole rings is 1. The first-order valence-corrected chi connectivity index (χ1v) is 9.47. The summed E-state index contributed by atoms with van der Waals surface area (Å²) in [6, 6.07) is 9.83. The van der Waals surface area contributed by atoms with Gasteiger partial charge in [-0.3, -0.25) is 4.90 Å². The van der Waals surface area contributed by atoms with Crippen molar-refractivity contribution in [3.8, 4) is 17.0 Å². The largest absolute Gasteiger partial charge is 0.497 e. The summed E-state index contributed by atoms with van der Waals surface area (Å²) in [6.07, 6.45) is 0. The predicted molar refractivity (Wildman–Crippen MR) is 102 cm³/mol. The molecule has 0 aliphatic carbocycles. The second-order valence-corrected chi connectivity index (χ2v) is 7.41. The van der Waals surface area contributed by atoms with Gasteiger partial charge in [0, 0.05) is 41.7 Å². The molecule has 4 rings (SSSR count). The van der Waals surface area contributed by atoms with Gasteiger partial charge >= 0.3 is 0 Å². The number of benzene rings is 2. The third-order valence-electron chi connectivity index (χ3n) is 4.83. The summed E-state index contributed by atoms with van der Waals surface area (Å²) >= 11 is 1.54. The Kier molecular flexibility index (Phi) is 4.90. The van der Waals surface area contributed by atoms with Crippen LogP contribution in [0.25, 0.3) is 11.3 Å². The van der Waals surface area contributed by atoms with E-state index in [0.29, 0.717) is 30.8 Å². The van der Waals surface area contributed by atoms with Crippen LogP contribution in [0.5, 0.6) is 5.75 Å². The molecule has 3 aromatic rings. The van der Waals surface area contributed by atoms with Crippen molar-refractivity contribution >= 4 is 11.3 Å². The molecule has 1 aliphatic rings. The Labute approximate surface area is 160 Å². The van der Waals surface area contributed by atoms with Crippen LogP contribution >= 0.6 is 11.3 Å². The minimum atomic E-state index is -0.568. The lowest BCUT2D eigenvalue weighted by atomic mass is 10.0. The Hall–Kier alpha value is -2.35. The number of fused-ring (bicyclic) bond motifs is 1. The Morgan fingerprint density at radius 1 is 1.30 bits per heavy atom. The van der Waals surface area contributed by atoms with Crippen LogP contribution in [0.1, 0.15) is 22.2 Å². The van der Waals surface area contributed by atoms with Gasteiger partial charge in [0.25, 0.3) is 0 Å². The average Bonchev–Trinajstić information content (AvgIpc) is 3.26. The molecule has 4 nitrogen and oxygen atoms in total. The number of aromatic nitrogens is 1. The molecule has 0 radical (unpaired) electrons. The van der Waals surface area contributed by atoms with E-state index < -0.39 is 11.6 Å². The van der Waals surface area contributed by atoms with Crippen molar-refractivity contribution in [2.24, 2.45) is 5.73 Å². The number of nitrogens with two attached hydrogens (primary N) is 1. The first kappa shape index (κ1) is 18.0. The van der Waals surface area contributed by atoms with Crippen molar-refractivity contribution in [1.29, 1.82) is 0 Å². The molecule has 1 unspecified atom stereocenters. The van der Waals surface area contributed by atoms with E-state index in [9.17, 15) is 8.78 Å². The van der Waals surface area contributed by atoms with Crippen LogP contribution in [0.2, 0.25) is 0 Å². The van der Waals surface area contributed by atoms with E-state index in [2.05, 4.69) is 0 Å². The van der Waals surface area contributed by atoms with Gasteiger partial charge in [0.05, 0.1) is 19.3 Å². The lowest BCUT2D eigenvalue weighted by Gasteiger charge is -2.22. The molecular formula is C20H19F2N3OS. The monoisotopic (exact) mass is 387 g/mol. The van der Waals surface area contributed by atoms with Crippen molar-refractivity contribution in [3.05, 3.63) is 69.5 Å². The number of halogens is 2. The summed E-state index contributed by atoms with van der Waals surface area (Å²) in [5, 5.41) is 2.89.